The smallest absolute Gasteiger partial charge is 0.278 e. The van der Waals surface area contributed by atoms with Crippen LogP contribution in [0.4, 0.5) is 8.78 Å². The summed E-state index contributed by atoms with van der Waals surface area (Å²) in [5.74, 6) is -0.613. The minimum Gasteiger partial charge on any atom is -0.481 e. The van der Waals surface area contributed by atoms with Crippen molar-refractivity contribution in [1.29, 1.82) is 0 Å². The van der Waals surface area contributed by atoms with Crippen LogP contribution in [0.15, 0.2) is 15.8 Å². The fourth-order valence-corrected chi connectivity index (χ4v) is 2.13. The summed E-state index contributed by atoms with van der Waals surface area (Å²) in [4.78, 5) is 12.4. The van der Waals surface area contributed by atoms with Crippen LogP contribution >= 0.6 is 10.7 Å². The first-order valence-corrected chi connectivity index (χ1v) is 6.12. The Balaban J connectivity index is 3.60. The van der Waals surface area contributed by atoms with Crippen molar-refractivity contribution in [2.75, 3.05) is 7.11 Å². The molecular weight excluding hydrogens is 268 g/mol. The van der Waals surface area contributed by atoms with E-state index in [0.29, 0.717) is 6.07 Å². The molecule has 0 saturated heterocycles. The highest BCUT2D eigenvalue weighted by atomic mass is 35.7. The van der Waals surface area contributed by atoms with Gasteiger partial charge in [-0.05, 0) is 0 Å². The quantitative estimate of drug-likeness (QED) is 0.841. The van der Waals surface area contributed by atoms with Crippen molar-refractivity contribution in [3.05, 3.63) is 22.0 Å². The SMILES string of the molecule is COc1[nH]c(C(F)F)cc(=O)c1S(=O)(=O)Cl. The van der Waals surface area contributed by atoms with E-state index in [1.807, 2.05) is 4.98 Å². The number of hydrogen-bond acceptors (Lipinski definition) is 4. The Morgan fingerprint density at radius 1 is 1.50 bits per heavy atom. The van der Waals surface area contributed by atoms with Crippen LogP contribution in [0, 0.1) is 0 Å². The second-order valence-corrected chi connectivity index (χ2v) is 5.19. The zero-order valence-corrected chi connectivity index (χ0v) is 9.40. The molecule has 1 aromatic rings. The lowest BCUT2D eigenvalue weighted by molar-refractivity contribution is 0.144. The molecule has 1 aromatic heterocycles. The molecule has 0 bridgehead atoms. The molecule has 0 aliphatic heterocycles. The third-order valence-corrected chi connectivity index (χ3v) is 2.99. The zero-order chi connectivity index (χ0) is 12.5. The summed E-state index contributed by atoms with van der Waals surface area (Å²) < 4.78 is 51.0. The number of nitrogens with one attached hydrogen (secondary N) is 1. The third kappa shape index (κ3) is 2.50. The van der Waals surface area contributed by atoms with Crippen LogP contribution in [0.25, 0.3) is 0 Å². The Morgan fingerprint density at radius 2 is 2.06 bits per heavy atom. The maximum absolute atomic E-state index is 12.3. The van der Waals surface area contributed by atoms with E-state index in [1.54, 1.807) is 0 Å². The van der Waals surface area contributed by atoms with Crippen LogP contribution < -0.4 is 10.2 Å². The van der Waals surface area contributed by atoms with E-state index < -0.39 is 37.4 Å². The molecular formula is C7H6ClF2NO4S. The first kappa shape index (κ1) is 12.9. The summed E-state index contributed by atoms with van der Waals surface area (Å²) in [6.07, 6.45) is -2.95. The third-order valence-electron chi connectivity index (χ3n) is 1.66. The van der Waals surface area contributed by atoms with E-state index in [4.69, 9.17) is 10.7 Å². The molecule has 5 nitrogen and oxygen atoms in total. The number of methoxy groups -OCH3 is 1. The van der Waals surface area contributed by atoms with Crippen LogP contribution in [0.1, 0.15) is 12.1 Å². The highest BCUT2D eigenvalue weighted by Crippen LogP contribution is 2.24. The Labute approximate surface area is 93.4 Å². The Kier molecular flexibility index (Phi) is 3.54. The molecule has 0 aromatic carbocycles. The second kappa shape index (κ2) is 4.38. The van der Waals surface area contributed by atoms with Gasteiger partial charge >= 0.3 is 0 Å². The molecule has 0 unspecified atom stereocenters. The number of aromatic amines is 1. The molecule has 1 heterocycles. The van der Waals surface area contributed by atoms with Crippen LogP contribution in [0.2, 0.25) is 0 Å². The van der Waals surface area contributed by atoms with Crippen molar-refractivity contribution >= 4 is 19.7 Å². The van der Waals surface area contributed by atoms with Gasteiger partial charge in [-0.3, -0.25) is 4.79 Å². The van der Waals surface area contributed by atoms with Gasteiger partial charge in [0.05, 0.1) is 12.8 Å². The van der Waals surface area contributed by atoms with Gasteiger partial charge in [0.15, 0.2) is 4.90 Å². The van der Waals surface area contributed by atoms with Crippen LogP contribution in [-0.2, 0) is 9.05 Å². The molecule has 1 rings (SSSR count). The molecule has 0 atom stereocenters. The average molecular weight is 274 g/mol. The molecule has 90 valence electrons. The predicted molar refractivity (Wildman–Crippen MR) is 51.6 cm³/mol. The van der Waals surface area contributed by atoms with E-state index in [1.165, 1.54) is 0 Å². The number of rotatable bonds is 3. The maximum atomic E-state index is 12.3. The van der Waals surface area contributed by atoms with Crippen LogP contribution in [-0.4, -0.2) is 20.5 Å². The van der Waals surface area contributed by atoms with Gasteiger partial charge in [-0.1, -0.05) is 0 Å². The maximum Gasteiger partial charge on any atom is 0.278 e. The van der Waals surface area contributed by atoms with E-state index in [2.05, 4.69) is 4.74 Å². The standard InChI is InChI=1S/C7H6ClF2NO4S/c1-15-7-5(16(8,13)14)4(12)2-3(11-7)6(9)10/h2,6H,1H3,(H,11,12). The minimum absolute atomic E-state index is 0.461. The number of aromatic nitrogens is 1. The lowest BCUT2D eigenvalue weighted by Crippen LogP contribution is -2.15. The minimum atomic E-state index is -4.36. The molecule has 0 amide bonds. The molecule has 0 radical (unpaired) electrons. The van der Waals surface area contributed by atoms with Gasteiger partial charge in [-0.15, -0.1) is 0 Å². The van der Waals surface area contributed by atoms with Gasteiger partial charge in [-0.2, -0.15) is 0 Å². The lowest BCUT2D eigenvalue weighted by atomic mass is 10.3. The van der Waals surface area contributed by atoms with Gasteiger partial charge in [0, 0.05) is 16.7 Å². The number of alkyl halides is 2. The fraction of sp³-hybridized carbons (Fsp3) is 0.286. The molecule has 1 N–H and O–H groups in total. The average Bonchev–Trinajstić information content (AvgIpc) is 2.14. The van der Waals surface area contributed by atoms with Crippen molar-refractivity contribution in [1.82, 2.24) is 4.98 Å². The largest absolute Gasteiger partial charge is 0.481 e. The Bertz CT molecular complexity index is 554. The monoisotopic (exact) mass is 273 g/mol. The molecule has 0 saturated carbocycles. The normalized spacial score (nSPS) is 11.8. The van der Waals surface area contributed by atoms with Gasteiger partial charge in [-0.25, -0.2) is 17.2 Å². The number of hydrogen-bond donors (Lipinski definition) is 1. The second-order valence-electron chi connectivity index (χ2n) is 2.69. The number of ether oxygens (including phenoxy) is 1. The lowest BCUT2D eigenvalue weighted by Gasteiger charge is -2.07. The number of H-pyrrole nitrogens is 1. The van der Waals surface area contributed by atoms with Crippen LogP contribution in [0.3, 0.4) is 0 Å². The van der Waals surface area contributed by atoms with E-state index in [0.717, 1.165) is 7.11 Å². The summed E-state index contributed by atoms with van der Waals surface area (Å²) >= 11 is 0. The van der Waals surface area contributed by atoms with Gasteiger partial charge in [0.1, 0.15) is 0 Å². The van der Waals surface area contributed by atoms with Crippen molar-refractivity contribution in [2.24, 2.45) is 0 Å². The topological polar surface area (TPSA) is 76.2 Å². The molecule has 0 aliphatic rings. The van der Waals surface area contributed by atoms with E-state index in [-0.39, 0.29) is 0 Å². The highest BCUT2D eigenvalue weighted by molar-refractivity contribution is 8.13. The van der Waals surface area contributed by atoms with Gasteiger partial charge in [0.25, 0.3) is 15.5 Å². The molecule has 16 heavy (non-hydrogen) atoms. The number of pyridine rings is 1. The van der Waals surface area contributed by atoms with E-state index in [9.17, 15) is 22.0 Å². The van der Waals surface area contributed by atoms with Crippen molar-refractivity contribution in [3.8, 4) is 5.88 Å². The summed E-state index contributed by atoms with van der Waals surface area (Å²) in [7, 11) is 1.62. The fourth-order valence-electron chi connectivity index (χ4n) is 1.03. The van der Waals surface area contributed by atoms with Gasteiger partial charge < -0.3 is 9.72 Å². The molecule has 0 spiro atoms. The number of halogens is 3. The van der Waals surface area contributed by atoms with Crippen molar-refractivity contribution < 1.29 is 21.9 Å². The first-order chi connectivity index (χ1) is 7.27. The zero-order valence-electron chi connectivity index (χ0n) is 7.83. The van der Waals surface area contributed by atoms with Gasteiger partial charge in [0.2, 0.25) is 11.3 Å². The first-order valence-electron chi connectivity index (χ1n) is 3.81. The predicted octanol–water partition coefficient (Wildman–Crippen LogP) is 1.25. The molecule has 0 fully saturated rings. The van der Waals surface area contributed by atoms with Crippen molar-refractivity contribution in [2.45, 2.75) is 11.3 Å². The van der Waals surface area contributed by atoms with Crippen LogP contribution in [0.5, 0.6) is 5.88 Å². The molecule has 9 heteroatoms. The summed E-state index contributed by atoms with van der Waals surface area (Å²) in [5, 5.41) is 0. The van der Waals surface area contributed by atoms with E-state index >= 15 is 0 Å². The molecule has 0 aliphatic carbocycles. The highest BCUT2D eigenvalue weighted by Gasteiger charge is 2.24. The van der Waals surface area contributed by atoms with Crippen molar-refractivity contribution in [3.63, 3.8) is 0 Å². The Hall–Kier alpha value is -1.15. The Morgan fingerprint density at radius 3 is 2.44 bits per heavy atom. The summed E-state index contributed by atoms with van der Waals surface area (Å²) in [6, 6.07) is 0.461. The summed E-state index contributed by atoms with van der Waals surface area (Å²) in [5.41, 5.74) is -1.90. The summed E-state index contributed by atoms with van der Waals surface area (Å²) in [6.45, 7) is 0.